The van der Waals surface area contributed by atoms with Gasteiger partial charge in [-0.1, -0.05) is 30.3 Å². The number of sulfonamides is 1. The lowest BCUT2D eigenvalue weighted by Crippen LogP contribution is -2.32. The zero-order chi connectivity index (χ0) is 24.8. The van der Waals surface area contributed by atoms with Crippen LogP contribution in [0.3, 0.4) is 0 Å². The van der Waals surface area contributed by atoms with Crippen molar-refractivity contribution in [3.8, 4) is 11.1 Å². The number of anilines is 2. The maximum Gasteiger partial charge on any atom is 0.264 e. The van der Waals surface area contributed by atoms with E-state index in [9.17, 15) is 8.42 Å². The topological polar surface area (TPSA) is 106 Å². The van der Waals surface area contributed by atoms with E-state index in [4.69, 9.17) is 22.3 Å². The lowest BCUT2D eigenvalue weighted by Gasteiger charge is -2.25. The molecule has 4 aromatic rings. The average Bonchev–Trinajstić information content (AvgIpc) is 3.28. The fraction of sp³-hybridized carbons (Fsp3) is 0.280. The van der Waals surface area contributed by atoms with Crippen LogP contribution in [0, 0.1) is 6.92 Å². The number of aryl methyl sites for hydroxylation is 1. The van der Waals surface area contributed by atoms with Gasteiger partial charge in [0, 0.05) is 30.7 Å². The molecule has 4 rings (SSSR count). The zero-order valence-electron chi connectivity index (χ0n) is 19.6. The number of nitrogens with two attached hydrogens (primary N) is 1. The summed E-state index contributed by atoms with van der Waals surface area (Å²) >= 11 is 5.94. The highest BCUT2D eigenvalue weighted by atomic mass is 35.5. The molecule has 0 fully saturated rings. The van der Waals surface area contributed by atoms with Crippen LogP contribution in [-0.4, -0.2) is 48.5 Å². The van der Waals surface area contributed by atoms with Crippen LogP contribution in [0.25, 0.3) is 16.8 Å². The van der Waals surface area contributed by atoms with E-state index in [-0.39, 0.29) is 11.4 Å². The van der Waals surface area contributed by atoms with Gasteiger partial charge in [-0.25, -0.2) is 17.9 Å². The zero-order valence-corrected chi connectivity index (χ0v) is 21.1. The van der Waals surface area contributed by atoms with Crippen LogP contribution in [0.2, 0.25) is 0 Å². The Labute approximate surface area is 210 Å². The minimum atomic E-state index is -3.79. The Hall–Kier alpha value is -3.14. The third-order valence-corrected chi connectivity index (χ3v) is 7.91. The van der Waals surface area contributed by atoms with Crippen molar-refractivity contribution in [1.29, 1.82) is 0 Å². The number of rotatable bonds is 11. The summed E-state index contributed by atoms with van der Waals surface area (Å²) in [6, 6.07) is 16.3. The first kappa shape index (κ1) is 25.0. The van der Waals surface area contributed by atoms with Crippen LogP contribution in [0.4, 0.5) is 11.5 Å². The molecule has 0 saturated heterocycles. The van der Waals surface area contributed by atoms with Gasteiger partial charge in [-0.3, -0.25) is 4.31 Å². The molecule has 2 aromatic heterocycles. The molecule has 0 amide bonds. The molecule has 35 heavy (non-hydrogen) atoms. The van der Waals surface area contributed by atoms with E-state index >= 15 is 0 Å². The van der Waals surface area contributed by atoms with Gasteiger partial charge in [-0.15, -0.1) is 11.6 Å². The lowest BCUT2D eigenvalue weighted by atomic mass is 10.1. The Morgan fingerprint density at radius 3 is 2.71 bits per heavy atom. The van der Waals surface area contributed by atoms with Crippen molar-refractivity contribution in [3.05, 3.63) is 72.6 Å². The molecule has 0 bridgehead atoms. The number of hydrogen-bond acceptors (Lipinski definition) is 6. The van der Waals surface area contributed by atoms with Gasteiger partial charge in [0.05, 0.1) is 16.8 Å². The second kappa shape index (κ2) is 11.1. The Balaban J connectivity index is 1.74. The van der Waals surface area contributed by atoms with Gasteiger partial charge in [-0.2, -0.15) is 5.10 Å². The van der Waals surface area contributed by atoms with Crippen LogP contribution in [0.15, 0.2) is 71.9 Å². The van der Waals surface area contributed by atoms with Crippen molar-refractivity contribution in [2.45, 2.75) is 24.7 Å². The third-order valence-electron chi connectivity index (χ3n) is 5.66. The van der Waals surface area contributed by atoms with E-state index in [1.807, 2.05) is 36.5 Å². The smallest absolute Gasteiger partial charge is 0.264 e. The Kier molecular flexibility index (Phi) is 7.90. The third kappa shape index (κ3) is 5.42. The van der Waals surface area contributed by atoms with Crippen LogP contribution in [0.1, 0.15) is 18.4 Å². The summed E-state index contributed by atoms with van der Waals surface area (Å²) in [5.41, 5.74) is 9.14. The van der Waals surface area contributed by atoms with Crippen molar-refractivity contribution in [3.63, 3.8) is 0 Å². The van der Waals surface area contributed by atoms with Crippen LogP contribution in [-0.2, 0) is 10.0 Å². The fourth-order valence-corrected chi connectivity index (χ4v) is 5.72. The van der Waals surface area contributed by atoms with E-state index in [0.29, 0.717) is 35.7 Å². The molecule has 184 valence electrons. The Bertz CT molecular complexity index is 1410. The largest absolute Gasteiger partial charge is 0.370 e. The molecule has 0 aliphatic rings. The maximum absolute atomic E-state index is 13.7. The minimum absolute atomic E-state index is 0.270. The number of hydrogen-bond donors (Lipinski definition) is 2. The molecule has 2 heterocycles. The predicted octanol–water partition coefficient (Wildman–Crippen LogP) is 4.29. The van der Waals surface area contributed by atoms with E-state index in [1.165, 1.54) is 4.31 Å². The molecule has 10 heteroatoms. The monoisotopic (exact) mass is 512 g/mol. The highest BCUT2D eigenvalue weighted by Gasteiger charge is 2.26. The summed E-state index contributed by atoms with van der Waals surface area (Å²) in [7, 11) is -3.79. The second-order valence-electron chi connectivity index (χ2n) is 8.14. The van der Waals surface area contributed by atoms with Gasteiger partial charge in [-0.05, 0) is 61.7 Å². The van der Waals surface area contributed by atoms with Crippen molar-refractivity contribution in [1.82, 2.24) is 14.6 Å². The number of aromatic nitrogens is 3. The first-order valence-corrected chi connectivity index (χ1v) is 13.5. The van der Waals surface area contributed by atoms with Crippen LogP contribution >= 0.6 is 11.6 Å². The molecule has 0 radical (unpaired) electrons. The van der Waals surface area contributed by atoms with Crippen molar-refractivity contribution in [2.24, 2.45) is 5.73 Å². The van der Waals surface area contributed by atoms with Gasteiger partial charge < -0.3 is 11.1 Å². The van der Waals surface area contributed by atoms with Crippen LogP contribution in [0.5, 0.6) is 0 Å². The number of nitrogens with zero attached hydrogens (tertiary/aromatic N) is 4. The highest BCUT2D eigenvalue weighted by Crippen LogP contribution is 2.31. The molecular formula is C25H29ClN6O2S. The summed E-state index contributed by atoms with van der Waals surface area (Å²) in [5.74, 6) is 1.09. The fourth-order valence-electron chi connectivity index (χ4n) is 3.87. The maximum atomic E-state index is 13.7. The van der Waals surface area contributed by atoms with E-state index in [1.54, 1.807) is 41.9 Å². The first-order valence-electron chi connectivity index (χ1n) is 11.5. The van der Waals surface area contributed by atoms with Crippen molar-refractivity contribution >= 4 is 38.8 Å². The van der Waals surface area contributed by atoms with Crippen molar-refractivity contribution < 1.29 is 8.42 Å². The van der Waals surface area contributed by atoms with E-state index in [2.05, 4.69) is 10.4 Å². The number of alkyl halides is 1. The summed E-state index contributed by atoms with van der Waals surface area (Å²) in [6.45, 7) is 3.40. The summed E-state index contributed by atoms with van der Waals surface area (Å²) < 4.78 is 30.5. The van der Waals surface area contributed by atoms with Gasteiger partial charge >= 0.3 is 0 Å². The Morgan fingerprint density at radius 1 is 1.11 bits per heavy atom. The SMILES string of the molecule is Cc1ccccc1S(=O)(=O)N(CCCCl)c1cccc(-c2cnn3ccc(NCCCN)nc23)c1. The molecule has 8 nitrogen and oxygen atoms in total. The minimum Gasteiger partial charge on any atom is -0.370 e. The number of fused-ring (bicyclic) bond motifs is 1. The summed E-state index contributed by atoms with van der Waals surface area (Å²) in [6.07, 6.45) is 4.95. The van der Waals surface area contributed by atoms with Gasteiger partial charge in [0.1, 0.15) is 5.82 Å². The normalized spacial score (nSPS) is 11.6. The van der Waals surface area contributed by atoms with E-state index in [0.717, 1.165) is 29.9 Å². The van der Waals surface area contributed by atoms with Crippen molar-refractivity contribution in [2.75, 3.05) is 35.1 Å². The van der Waals surface area contributed by atoms with E-state index < -0.39 is 10.0 Å². The second-order valence-corrected chi connectivity index (χ2v) is 10.4. The average molecular weight is 513 g/mol. The molecule has 0 aliphatic heterocycles. The predicted molar refractivity (Wildman–Crippen MR) is 142 cm³/mol. The molecule has 0 aliphatic carbocycles. The summed E-state index contributed by atoms with van der Waals surface area (Å²) in [5, 5.41) is 7.69. The number of benzene rings is 2. The van der Waals surface area contributed by atoms with Gasteiger partial charge in [0.25, 0.3) is 10.0 Å². The van der Waals surface area contributed by atoms with Crippen LogP contribution < -0.4 is 15.4 Å². The highest BCUT2D eigenvalue weighted by molar-refractivity contribution is 7.92. The first-order chi connectivity index (χ1) is 17.0. The molecular weight excluding hydrogens is 484 g/mol. The summed E-state index contributed by atoms with van der Waals surface area (Å²) in [4.78, 5) is 5.00. The molecule has 0 unspecified atom stereocenters. The number of halogens is 1. The molecule has 2 aromatic carbocycles. The Morgan fingerprint density at radius 2 is 1.94 bits per heavy atom. The molecule has 0 spiro atoms. The number of nitrogens with one attached hydrogen (secondary N) is 1. The standard InChI is InChI=1S/C25H29ClN6O2S/c1-19-7-2-3-10-23(19)35(33,34)32(15-5-12-26)21-9-4-8-20(17-21)22-18-29-31-16-11-24(30-25(22)31)28-14-6-13-27/h2-4,7-11,16-18H,5-6,12-15,27H2,1H3,(H,28,30). The lowest BCUT2D eigenvalue weighted by molar-refractivity contribution is 0.589. The molecule has 0 saturated carbocycles. The molecule has 3 N–H and O–H groups in total. The molecule has 0 atom stereocenters. The van der Waals surface area contributed by atoms with Gasteiger partial charge in [0.15, 0.2) is 5.65 Å². The quantitative estimate of drug-likeness (QED) is 0.229. The van der Waals surface area contributed by atoms with Gasteiger partial charge in [0.2, 0.25) is 0 Å².